The molecule has 0 heterocycles. The van der Waals surface area contributed by atoms with Crippen LogP contribution in [0, 0.1) is 0 Å². The van der Waals surface area contributed by atoms with Gasteiger partial charge in [0.15, 0.2) is 0 Å². The largest absolute Gasteiger partial charge is 0.0907 e. The second kappa shape index (κ2) is 18.0. The third-order valence-corrected chi connectivity index (χ3v) is 7.86. The van der Waals surface area contributed by atoms with Crippen LogP contribution in [-0.2, 0) is 0 Å². The van der Waals surface area contributed by atoms with E-state index in [1.165, 1.54) is 89.9 Å². The van der Waals surface area contributed by atoms with E-state index >= 15 is 0 Å². The summed E-state index contributed by atoms with van der Waals surface area (Å²) in [5, 5.41) is 1.67. The molecule has 0 aromatic carbocycles. The van der Waals surface area contributed by atoms with Gasteiger partial charge in [0.2, 0.25) is 0 Å². The molecule has 0 nitrogen and oxygen atoms in total. The van der Waals surface area contributed by atoms with Crippen LogP contribution in [-0.4, -0.2) is 10.5 Å². The first kappa shape index (κ1) is 22.7. The number of hydrogen-bond donors (Lipinski definition) is 0. The van der Waals surface area contributed by atoms with E-state index in [9.17, 15) is 0 Å². The van der Waals surface area contributed by atoms with E-state index in [1.54, 1.807) is 0 Å². The van der Waals surface area contributed by atoms with Gasteiger partial charge in [-0.15, -0.1) is 0 Å². The van der Waals surface area contributed by atoms with Gasteiger partial charge in [-0.3, -0.25) is 0 Å². The van der Waals surface area contributed by atoms with Crippen molar-refractivity contribution in [3.05, 3.63) is 0 Å². The number of hydrogen-bond acceptors (Lipinski definition) is 2. The molecule has 2 unspecified atom stereocenters. The van der Waals surface area contributed by atoms with Crippen LogP contribution in [0.3, 0.4) is 0 Å². The van der Waals surface area contributed by atoms with Gasteiger partial charge in [-0.1, -0.05) is 126 Å². The Kier molecular flexibility index (Phi) is 18.6. The fraction of sp³-hybridized carbons (Fsp3) is 1.00. The van der Waals surface area contributed by atoms with Gasteiger partial charge in [0, 0.05) is 10.5 Å². The molecule has 0 spiro atoms. The lowest BCUT2D eigenvalue weighted by atomic mass is 10.1. The molecule has 0 aliphatic carbocycles. The summed E-state index contributed by atoms with van der Waals surface area (Å²) in [5.41, 5.74) is 0. The van der Waals surface area contributed by atoms with Gasteiger partial charge in [-0.25, -0.2) is 0 Å². The zero-order chi connectivity index (χ0) is 16.5. The highest BCUT2D eigenvalue weighted by Crippen LogP contribution is 2.35. The van der Waals surface area contributed by atoms with E-state index in [1.807, 2.05) is 0 Å². The van der Waals surface area contributed by atoms with Crippen molar-refractivity contribution in [2.75, 3.05) is 0 Å². The van der Waals surface area contributed by atoms with Crippen LogP contribution in [0.25, 0.3) is 0 Å². The topological polar surface area (TPSA) is 0 Å². The quantitative estimate of drug-likeness (QED) is 0.191. The molecule has 0 bridgehead atoms. The lowest BCUT2D eigenvalue weighted by molar-refractivity contribution is 0.588. The molecule has 0 amide bonds. The van der Waals surface area contributed by atoms with Crippen molar-refractivity contribution < 1.29 is 0 Å². The van der Waals surface area contributed by atoms with E-state index in [-0.39, 0.29) is 0 Å². The van der Waals surface area contributed by atoms with Crippen molar-refractivity contribution in [1.82, 2.24) is 0 Å². The summed E-state index contributed by atoms with van der Waals surface area (Å²) in [5.74, 6) is 0. The highest BCUT2D eigenvalue weighted by molar-refractivity contribution is 8.77. The number of unbranched alkanes of at least 4 members (excludes halogenated alkanes) is 10. The fourth-order valence-electron chi connectivity index (χ4n) is 2.71. The van der Waals surface area contributed by atoms with Crippen LogP contribution >= 0.6 is 21.6 Å². The molecule has 0 fully saturated rings. The molecule has 0 saturated heterocycles. The first-order chi connectivity index (χ1) is 10.7. The molecular formula is C20H42S2. The molecule has 0 saturated carbocycles. The van der Waals surface area contributed by atoms with Crippen LogP contribution < -0.4 is 0 Å². The highest BCUT2D eigenvalue weighted by Gasteiger charge is 2.08. The van der Waals surface area contributed by atoms with Crippen molar-refractivity contribution in [3.8, 4) is 0 Å². The molecule has 134 valence electrons. The summed E-state index contributed by atoms with van der Waals surface area (Å²) in [6.45, 7) is 9.42. The predicted octanol–water partition coefficient (Wildman–Crippen LogP) is 8.65. The normalized spacial score (nSPS) is 14.2. The van der Waals surface area contributed by atoms with Gasteiger partial charge >= 0.3 is 0 Å². The summed E-state index contributed by atoms with van der Waals surface area (Å²) >= 11 is 0. The molecule has 22 heavy (non-hydrogen) atoms. The van der Waals surface area contributed by atoms with Gasteiger partial charge < -0.3 is 0 Å². The van der Waals surface area contributed by atoms with Crippen LogP contribution in [0.2, 0.25) is 0 Å². The molecule has 0 aliphatic rings. The second-order valence-corrected chi connectivity index (χ2v) is 10.1. The smallest absolute Gasteiger partial charge is 0.0123 e. The molecule has 0 aromatic rings. The summed E-state index contributed by atoms with van der Waals surface area (Å²) in [7, 11) is 4.28. The Bertz CT molecular complexity index is 184. The third-order valence-electron chi connectivity index (χ3n) is 4.31. The van der Waals surface area contributed by atoms with Crippen LogP contribution in [0.4, 0.5) is 0 Å². The van der Waals surface area contributed by atoms with Crippen LogP contribution in [0.5, 0.6) is 0 Å². The standard InChI is InChI=1S/C20H42S2/c1-5-7-9-11-13-15-17-19(3)21-22-20(4)18-16-14-12-10-8-6-2/h19-20H,5-18H2,1-4H3. The molecule has 0 aromatic heterocycles. The molecule has 0 radical (unpaired) electrons. The third kappa shape index (κ3) is 17.1. The minimum absolute atomic E-state index is 0.836. The Labute approximate surface area is 149 Å². The Morgan fingerprint density at radius 3 is 1.18 bits per heavy atom. The Hall–Kier alpha value is 0.700. The maximum Gasteiger partial charge on any atom is 0.0123 e. The van der Waals surface area contributed by atoms with Gasteiger partial charge in [-0.2, -0.15) is 0 Å². The second-order valence-electron chi connectivity index (χ2n) is 6.93. The average molecular weight is 347 g/mol. The van der Waals surface area contributed by atoms with E-state index in [0.29, 0.717) is 0 Å². The Morgan fingerprint density at radius 2 is 0.818 bits per heavy atom. The van der Waals surface area contributed by atoms with Gasteiger partial charge in [-0.05, 0) is 12.8 Å². The van der Waals surface area contributed by atoms with E-state index in [4.69, 9.17) is 0 Å². The summed E-state index contributed by atoms with van der Waals surface area (Å²) in [4.78, 5) is 0. The lowest BCUT2D eigenvalue weighted by Gasteiger charge is -2.14. The number of rotatable bonds is 17. The molecule has 0 N–H and O–H groups in total. The monoisotopic (exact) mass is 346 g/mol. The summed E-state index contributed by atoms with van der Waals surface area (Å²) < 4.78 is 0. The molecule has 0 aliphatic heterocycles. The van der Waals surface area contributed by atoms with Crippen molar-refractivity contribution in [2.45, 2.75) is 128 Å². The average Bonchev–Trinajstić information content (AvgIpc) is 2.52. The molecule has 2 heteroatoms. The minimum Gasteiger partial charge on any atom is -0.0907 e. The maximum absolute atomic E-state index is 2.42. The predicted molar refractivity (Wildman–Crippen MR) is 110 cm³/mol. The van der Waals surface area contributed by atoms with Crippen LogP contribution in [0.1, 0.15) is 118 Å². The fourth-order valence-corrected chi connectivity index (χ4v) is 5.33. The Morgan fingerprint density at radius 1 is 0.500 bits per heavy atom. The summed E-state index contributed by atoms with van der Waals surface area (Å²) in [6.07, 6.45) is 20.0. The maximum atomic E-state index is 2.42. The first-order valence-electron chi connectivity index (χ1n) is 10.0. The Balaban J connectivity index is 3.31. The minimum atomic E-state index is 0.836. The lowest BCUT2D eigenvalue weighted by Crippen LogP contribution is -1.98. The van der Waals surface area contributed by atoms with Crippen molar-refractivity contribution in [3.63, 3.8) is 0 Å². The van der Waals surface area contributed by atoms with E-state index in [0.717, 1.165) is 10.5 Å². The van der Waals surface area contributed by atoms with Gasteiger partial charge in [0.25, 0.3) is 0 Å². The molecular weight excluding hydrogens is 304 g/mol. The molecule has 0 rings (SSSR count). The van der Waals surface area contributed by atoms with Crippen molar-refractivity contribution in [2.24, 2.45) is 0 Å². The van der Waals surface area contributed by atoms with Crippen LogP contribution in [0.15, 0.2) is 0 Å². The molecule has 2 atom stereocenters. The van der Waals surface area contributed by atoms with Crippen molar-refractivity contribution in [1.29, 1.82) is 0 Å². The SMILES string of the molecule is CCCCCCCCC(C)SSC(C)CCCCCCCC. The van der Waals surface area contributed by atoms with E-state index in [2.05, 4.69) is 49.3 Å². The summed E-state index contributed by atoms with van der Waals surface area (Å²) in [6, 6.07) is 0. The van der Waals surface area contributed by atoms with Gasteiger partial charge in [0.1, 0.15) is 0 Å². The van der Waals surface area contributed by atoms with Crippen molar-refractivity contribution >= 4 is 21.6 Å². The first-order valence-corrected chi connectivity index (χ1v) is 12.3. The zero-order valence-corrected chi connectivity index (χ0v) is 17.5. The highest BCUT2D eigenvalue weighted by atomic mass is 33.1. The van der Waals surface area contributed by atoms with E-state index < -0.39 is 0 Å². The van der Waals surface area contributed by atoms with Gasteiger partial charge in [0.05, 0.1) is 0 Å². The zero-order valence-electron chi connectivity index (χ0n) is 15.9.